The first-order chi connectivity index (χ1) is 11.2. The molecule has 0 aliphatic heterocycles. The summed E-state index contributed by atoms with van der Waals surface area (Å²) in [6.45, 7) is 5.63. The third kappa shape index (κ3) is 3.94. The molecular formula is C18H20N4O. The maximum absolute atomic E-state index is 5.87. The lowest BCUT2D eigenvalue weighted by atomic mass is 10.2. The fourth-order valence-electron chi connectivity index (χ4n) is 2.19. The van der Waals surface area contributed by atoms with E-state index in [1.165, 1.54) is 0 Å². The van der Waals surface area contributed by atoms with Crippen LogP contribution in [0.4, 0.5) is 5.82 Å². The number of nitrogens with one attached hydrogen (secondary N) is 1. The second kappa shape index (κ2) is 7.05. The van der Waals surface area contributed by atoms with Gasteiger partial charge in [-0.15, -0.1) is 0 Å². The van der Waals surface area contributed by atoms with E-state index in [0.717, 1.165) is 22.6 Å². The van der Waals surface area contributed by atoms with E-state index in [0.29, 0.717) is 24.7 Å². The Labute approximate surface area is 135 Å². The van der Waals surface area contributed by atoms with Crippen molar-refractivity contribution in [2.24, 2.45) is 5.92 Å². The molecule has 0 unspecified atom stereocenters. The van der Waals surface area contributed by atoms with Gasteiger partial charge < -0.3 is 10.1 Å². The van der Waals surface area contributed by atoms with Gasteiger partial charge in [0.15, 0.2) is 5.65 Å². The van der Waals surface area contributed by atoms with Gasteiger partial charge in [-0.2, -0.15) is 0 Å². The number of aromatic nitrogens is 3. The van der Waals surface area contributed by atoms with E-state index >= 15 is 0 Å². The highest BCUT2D eigenvalue weighted by molar-refractivity contribution is 5.71. The van der Waals surface area contributed by atoms with Gasteiger partial charge in [-0.25, -0.2) is 9.97 Å². The predicted octanol–water partition coefficient (Wildman–Crippen LogP) is 3.67. The van der Waals surface area contributed by atoms with Crippen molar-refractivity contribution in [1.82, 2.24) is 15.0 Å². The zero-order valence-electron chi connectivity index (χ0n) is 13.4. The standard InChI is InChI=1S/C18H20N4O/c1-13(2)12-23-16-6-4-3-5-14(16)11-21-17-8-7-15-18(22-17)20-10-9-19-15/h3-10,13H,11-12H2,1-2H3,(H,20,21,22). The van der Waals surface area contributed by atoms with Crippen LogP contribution in [0.15, 0.2) is 48.8 Å². The largest absolute Gasteiger partial charge is 0.493 e. The summed E-state index contributed by atoms with van der Waals surface area (Å²) >= 11 is 0. The normalized spacial score (nSPS) is 10.9. The lowest BCUT2D eigenvalue weighted by Gasteiger charge is -2.14. The molecule has 3 aromatic rings. The van der Waals surface area contributed by atoms with Gasteiger partial charge in [0.05, 0.1) is 6.61 Å². The number of hydrogen-bond acceptors (Lipinski definition) is 5. The van der Waals surface area contributed by atoms with Crippen LogP contribution in [-0.4, -0.2) is 21.6 Å². The van der Waals surface area contributed by atoms with E-state index in [-0.39, 0.29) is 0 Å². The van der Waals surface area contributed by atoms with Crippen molar-refractivity contribution in [3.05, 3.63) is 54.4 Å². The first-order valence-electron chi connectivity index (χ1n) is 7.75. The summed E-state index contributed by atoms with van der Waals surface area (Å²) in [5.41, 5.74) is 2.54. The average molecular weight is 308 g/mol. The minimum absolute atomic E-state index is 0.497. The monoisotopic (exact) mass is 308 g/mol. The summed E-state index contributed by atoms with van der Waals surface area (Å²) in [7, 11) is 0. The second-order valence-electron chi connectivity index (χ2n) is 5.76. The number of rotatable bonds is 6. The Morgan fingerprint density at radius 1 is 1.04 bits per heavy atom. The van der Waals surface area contributed by atoms with E-state index in [1.54, 1.807) is 12.4 Å². The maximum atomic E-state index is 5.87. The highest BCUT2D eigenvalue weighted by Gasteiger charge is 2.05. The summed E-state index contributed by atoms with van der Waals surface area (Å²) in [5, 5.41) is 3.32. The van der Waals surface area contributed by atoms with Gasteiger partial charge in [-0.3, -0.25) is 4.98 Å². The predicted molar refractivity (Wildman–Crippen MR) is 91.4 cm³/mol. The van der Waals surface area contributed by atoms with E-state index in [1.807, 2.05) is 30.3 Å². The molecule has 3 rings (SSSR count). The molecule has 0 atom stereocenters. The zero-order valence-corrected chi connectivity index (χ0v) is 13.4. The third-order valence-corrected chi connectivity index (χ3v) is 3.34. The number of fused-ring (bicyclic) bond motifs is 1. The summed E-state index contributed by atoms with van der Waals surface area (Å²) < 4.78 is 5.87. The van der Waals surface area contributed by atoms with Crippen LogP contribution in [0.1, 0.15) is 19.4 Å². The number of para-hydroxylation sites is 1. The van der Waals surface area contributed by atoms with Gasteiger partial charge in [-0.05, 0) is 24.1 Å². The Hall–Kier alpha value is -2.69. The van der Waals surface area contributed by atoms with Crippen LogP contribution in [0.3, 0.4) is 0 Å². The fraction of sp³-hybridized carbons (Fsp3) is 0.278. The highest BCUT2D eigenvalue weighted by Crippen LogP contribution is 2.20. The van der Waals surface area contributed by atoms with Crippen LogP contribution in [0.2, 0.25) is 0 Å². The van der Waals surface area contributed by atoms with Crippen LogP contribution in [0.5, 0.6) is 5.75 Å². The molecule has 0 aliphatic rings. The van der Waals surface area contributed by atoms with Crippen molar-refractivity contribution >= 4 is 17.0 Å². The van der Waals surface area contributed by atoms with Crippen LogP contribution >= 0.6 is 0 Å². The molecule has 118 valence electrons. The molecule has 1 N–H and O–H groups in total. The minimum atomic E-state index is 0.497. The maximum Gasteiger partial charge on any atom is 0.180 e. The molecule has 2 aromatic heterocycles. The van der Waals surface area contributed by atoms with Crippen molar-refractivity contribution in [2.45, 2.75) is 20.4 Å². The Morgan fingerprint density at radius 2 is 1.87 bits per heavy atom. The number of anilines is 1. The molecule has 1 aromatic carbocycles. The molecule has 0 aliphatic carbocycles. The molecule has 5 nitrogen and oxygen atoms in total. The Balaban J connectivity index is 1.71. The number of benzene rings is 1. The summed E-state index contributed by atoms with van der Waals surface area (Å²) in [5.74, 6) is 2.18. The van der Waals surface area contributed by atoms with E-state index in [4.69, 9.17) is 4.74 Å². The van der Waals surface area contributed by atoms with Crippen molar-refractivity contribution in [2.75, 3.05) is 11.9 Å². The quantitative estimate of drug-likeness (QED) is 0.753. The van der Waals surface area contributed by atoms with Gasteiger partial charge in [0.2, 0.25) is 0 Å². The van der Waals surface area contributed by atoms with Gasteiger partial charge in [-0.1, -0.05) is 32.0 Å². The lowest BCUT2D eigenvalue weighted by molar-refractivity contribution is 0.269. The van der Waals surface area contributed by atoms with Crippen molar-refractivity contribution in [3.63, 3.8) is 0 Å². The number of hydrogen-bond donors (Lipinski definition) is 1. The van der Waals surface area contributed by atoms with Crippen LogP contribution in [0.25, 0.3) is 11.2 Å². The van der Waals surface area contributed by atoms with Crippen molar-refractivity contribution in [1.29, 1.82) is 0 Å². The SMILES string of the molecule is CC(C)COc1ccccc1CNc1ccc2nccnc2n1. The van der Waals surface area contributed by atoms with Gasteiger partial charge >= 0.3 is 0 Å². The summed E-state index contributed by atoms with van der Waals surface area (Å²) in [4.78, 5) is 12.9. The number of nitrogens with zero attached hydrogens (tertiary/aromatic N) is 3. The molecule has 0 fully saturated rings. The Morgan fingerprint density at radius 3 is 2.74 bits per heavy atom. The van der Waals surface area contributed by atoms with E-state index in [9.17, 15) is 0 Å². The minimum Gasteiger partial charge on any atom is -0.493 e. The average Bonchev–Trinajstić information content (AvgIpc) is 2.58. The molecular weight excluding hydrogens is 288 g/mol. The summed E-state index contributed by atoms with van der Waals surface area (Å²) in [6.07, 6.45) is 3.31. The Kier molecular flexibility index (Phi) is 4.66. The molecule has 0 amide bonds. The van der Waals surface area contributed by atoms with Gasteiger partial charge in [0.1, 0.15) is 17.1 Å². The van der Waals surface area contributed by atoms with Gasteiger partial charge in [0.25, 0.3) is 0 Å². The first-order valence-corrected chi connectivity index (χ1v) is 7.75. The first kappa shape index (κ1) is 15.2. The van der Waals surface area contributed by atoms with Crippen LogP contribution < -0.4 is 10.1 Å². The molecule has 0 saturated heterocycles. The third-order valence-electron chi connectivity index (χ3n) is 3.34. The Bertz CT molecular complexity index is 789. The topological polar surface area (TPSA) is 59.9 Å². The van der Waals surface area contributed by atoms with E-state index in [2.05, 4.69) is 40.2 Å². The molecule has 2 heterocycles. The van der Waals surface area contributed by atoms with Crippen molar-refractivity contribution in [3.8, 4) is 5.75 Å². The second-order valence-corrected chi connectivity index (χ2v) is 5.76. The molecule has 0 spiro atoms. The van der Waals surface area contributed by atoms with Crippen LogP contribution in [-0.2, 0) is 6.54 Å². The molecule has 0 bridgehead atoms. The molecule has 23 heavy (non-hydrogen) atoms. The van der Waals surface area contributed by atoms with Crippen molar-refractivity contribution < 1.29 is 4.74 Å². The molecule has 5 heteroatoms. The molecule has 0 saturated carbocycles. The fourth-order valence-corrected chi connectivity index (χ4v) is 2.19. The van der Waals surface area contributed by atoms with Gasteiger partial charge in [0, 0.05) is 24.5 Å². The van der Waals surface area contributed by atoms with E-state index < -0.39 is 0 Å². The smallest absolute Gasteiger partial charge is 0.180 e. The number of ether oxygens (including phenoxy) is 1. The highest BCUT2D eigenvalue weighted by atomic mass is 16.5. The lowest BCUT2D eigenvalue weighted by Crippen LogP contribution is -2.08. The van der Waals surface area contributed by atoms with Crippen LogP contribution in [0, 0.1) is 5.92 Å². The number of pyridine rings is 1. The zero-order chi connectivity index (χ0) is 16.1. The summed E-state index contributed by atoms with van der Waals surface area (Å²) in [6, 6.07) is 11.9. The molecule has 0 radical (unpaired) electrons.